The van der Waals surface area contributed by atoms with Crippen LogP contribution in [0.5, 0.6) is 5.75 Å². The van der Waals surface area contributed by atoms with Crippen LogP contribution >= 0.6 is 0 Å². The molecule has 0 radical (unpaired) electrons. The van der Waals surface area contributed by atoms with Gasteiger partial charge in [-0.15, -0.1) is 0 Å². The summed E-state index contributed by atoms with van der Waals surface area (Å²) in [7, 11) is 0. The molecule has 0 aromatic heterocycles. The number of nitrogens with two attached hydrogens (primary N) is 1. The maximum atomic E-state index is 6.57. The van der Waals surface area contributed by atoms with Gasteiger partial charge in [-0.1, -0.05) is 18.2 Å². The lowest BCUT2D eigenvalue weighted by Gasteiger charge is -2.44. The highest BCUT2D eigenvalue weighted by atomic mass is 16.5. The molecule has 1 aromatic carbocycles. The Bertz CT molecular complexity index is 428. The average Bonchev–Trinajstić information content (AvgIpc) is 2.48. The summed E-state index contributed by atoms with van der Waals surface area (Å²) in [6.07, 6.45) is 0. The van der Waals surface area contributed by atoms with Crippen molar-refractivity contribution in [3.05, 3.63) is 29.8 Å². The van der Waals surface area contributed by atoms with Gasteiger partial charge in [0.05, 0.1) is 25.9 Å². The molecule has 1 atom stereocenters. The average molecular weight is 278 g/mol. The van der Waals surface area contributed by atoms with Crippen molar-refractivity contribution >= 4 is 0 Å². The molecule has 1 aliphatic rings. The third-order valence-electron chi connectivity index (χ3n) is 4.14. The lowest BCUT2D eigenvalue weighted by Crippen LogP contribution is -2.55. The van der Waals surface area contributed by atoms with E-state index in [9.17, 15) is 0 Å². The normalized spacial score (nSPS) is 18.8. The zero-order valence-corrected chi connectivity index (χ0v) is 12.8. The smallest absolute Gasteiger partial charge is 0.124 e. The van der Waals surface area contributed by atoms with Gasteiger partial charge in [-0.2, -0.15) is 0 Å². The first-order valence-corrected chi connectivity index (χ1v) is 7.37. The first kappa shape index (κ1) is 15.3. The molecule has 1 unspecified atom stereocenters. The predicted octanol–water partition coefficient (Wildman–Crippen LogP) is 2.20. The maximum Gasteiger partial charge on any atom is 0.124 e. The number of benzene rings is 1. The Hall–Kier alpha value is -1.10. The van der Waals surface area contributed by atoms with Crippen molar-refractivity contribution in [2.45, 2.75) is 32.4 Å². The summed E-state index contributed by atoms with van der Waals surface area (Å²) in [5, 5.41) is 0. The summed E-state index contributed by atoms with van der Waals surface area (Å²) >= 11 is 0. The van der Waals surface area contributed by atoms with E-state index in [0.29, 0.717) is 6.61 Å². The predicted molar refractivity (Wildman–Crippen MR) is 81.0 cm³/mol. The first-order valence-electron chi connectivity index (χ1n) is 7.37. The molecule has 4 nitrogen and oxygen atoms in total. The summed E-state index contributed by atoms with van der Waals surface area (Å²) in [6.45, 7) is 10.5. The van der Waals surface area contributed by atoms with E-state index in [4.69, 9.17) is 15.2 Å². The van der Waals surface area contributed by atoms with Gasteiger partial charge in [-0.3, -0.25) is 4.90 Å². The van der Waals surface area contributed by atoms with Crippen LogP contribution < -0.4 is 10.5 Å². The van der Waals surface area contributed by atoms with Crippen molar-refractivity contribution in [3.63, 3.8) is 0 Å². The van der Waals surface area contributed by atoms with Gasteiger partial charge in [-0.25, -0.2) is 0 Å². The molecule has 0 aliphatic carbocycles. The largest absolute Gasteiger partial charge is 0.494 e. The highest BCUT2D eigenvalue weighted by Gasteiger charge is 2.36. The Morgan fingerprint density at radius 3 is 2.60 bits per heavy atom. The number of ether oxygens (including phenoxy) is 2. The van der Waals surface area contributed by atoms with Gasteiger partial charge in [0.1, 0.15) is 5.75 Å². The molecule has 1 aromatic rings. The van der Waals surface area contributed by atoms with Crippen LogP contribution in [0.4, 0.5) is 0 Å². The van der Waals surface area contributed by atoms with Gasteiger partial charge in [0, 0.05) is 24.2 Å². The second-order valence-corrected chi connectivity index (χ2v) is 5.70. The Balaban J connectivity index is 2.22. The van der Waals surface area contributed by atoms with E-state index in [-0.39, 0.29) is 11.6 Å². The lowest BCUT2D eigenvalue weighted by atomic mass is 9.87. The Kier molecular flexibility index (Phi) is 5.02. The summed E-state index contributed by atoms with van der Waals surface area (Å²) in [5.74, 6) is 0.892. The number of nitrogens with zero attached hydrogens (tertiary/aromatic N) is 1. The highest BCUT2D eigenvalue weighted by molar-refractivity contribution is 5.37. The molecule has 2 N–H and O–H groups in total. The van der Waals surface area contributed by atoms with Gasteiger partial charge in [0.15, 0.2) is 0 Å². The number of rotatable bonds is 5. The van der Waals surface area contributed by atoms with E-state index >= 15 is 0 Å². The fourth-order valence-electron chi connectivity index (χ4n) is 2.74. The maximum absolute atomic E-state index is 6.57. The summed E-state index contributed by atoms with van der Waals surface area (Å²) in [5.41, 5.74) is 7.52. The molecular weight excluding hydrogens is 252 g/mol. The van der Waals surface area contributed by atoms with Crippen molar-refractivity contribution in [3.8, 4) is 5.75 Å². The number of hydrogen-bond donors (Lipinski definition) is 1. The van der Waals surface area contributed by atoms with Crippen LogP contribution in [0.1, 0.15) is 32.4 Å². The third-order valence-corrected chi connectivity index (χ3v) is 4.14. The molecule has 2 rings (SSSR count). The van der Waals surface area contributed by atoms with Crippen LogP contribution in [0.25, 0.3) is 0 Å². The molecule has 1 aliphatic heterocycles. The summed E-state index contributed by atoms with van der Waals surface area (Å²) in [6, 6.07) is 7.98. The van der Waals surface area contributed by atoms with E-state index in [1.165, 1.54) is 0 Å². The Morgan fingerprint density at radius 2 is 1.95 bits per heavy atom. The fourth-order valence-corrected chi connectivity index (χ4v) is 2.74. The first-order chi connectivity index (χ1) is 9.57. The molecule has 1 fully saturated rings. The molecule has 0 spiro atoms. The quantitative estimate of drug-likeness (QED) is 0.897. The molecule has 0 bridgehead atoms. The molecule has 4 heteroatoms. The zero-order chi connectivity index (χ0) is 14.6. The highest BCUT2D eigenvalue weighted by Crippen LogP contribution is 2.34. The van der Waals surface area contributed by atoms with E-state index in [1.807, 2.05) is 25.1 Å². The van der Waals surface area contributed by atoms with Gasteiger partial charge in [-0.05, 0) is 26.8 Å². The molecular formula is C16H26N2O2. The van der Waals surface area contributed by atoms with Crippen molar-refractivity contribution in [2.24, 2.45) is 5.73 Å². The SMILES string of the molecule is CCOc1ccccc1C(N)C(C)(C)N1CCOCC1. The molecule has 1 heterocycles. The minimum Gasteiger partial charge on any atom is -0.494 e. The van der Waals surface area contributed by atoms with Crippen LogP contribution in [0.15, 0.2) is 24.3 Å². The van der Waals surface area contributed by atoms with E-state index in [2.05, 4.69) is 24.8 Å². The minimum atomic E-state index is -0.128. The van der Waals surface area contributed by atoms with Gasteiger partial charge in [0.25, 0.3) is 0 Å². The van der Waals surface area contributed by atoms with E-state index < -0.39 is 0 Å². The van der Waals surface area contributed by atoms with Crippen molar-refractivity contribution < 1.29 is 9.47 Å². The molecule has 0 saturated carbocycles. The van der Waals surface area contributed by atoms with Crippen molar-refractivity contribution in [2.75, 3.05) is 32.9 Å². The monoisotopic (exact) mass is 278 g/mol. The lowest BCUT2D eigenvalue weighted by molar-refractivity contribution is -0.0193. The van der Waals surface area contributed by atoms with Gasteiger partial charge < -0.3 is 15.2 Å². The van der Waals surface area contributed by atoms with Crippen LogP contribution in [0, 0.1) is 0 Å². The summed E-state index contributed by atoms with van der Waals surface area (Å²) < 4.78 is 11.2. The van der Waals surface area contributed by atoms with E-state index in [1.54, 1.807) is 0 Å². The van der Waals surface area contributed by atoms with Crippen LogP contribution in [-0.2, 0) is 4.74 Å². The van der Waals surface area contributed by atoms with E-state index in [0.717, 1.165) is 37.6 Å². The topological polar surface area (TPSA) is 47.7 Å². The third kappa shape index (κ3) is 3.14. The zero-order valence-electron chi connectivity index (χ0n) is 12.8. The van der Waals surface area contributed by atoms with Crippen molar-refractivity contribution in [1.82, 2.24) is 4.90 Å². The van der Waals surface area contributed by atoms with Crippen molar-refractivity contribution in [1.29, 1.82) is 0 Å². The standard InChI is InChI=1S/C16H26N2O2/c1-4-20-14-8-6-5-7-13(14)15(17)16(2,3)18-9-11-19-12-10-18/h5-8,15H,4,9-12,17H2,1-3H3. The second-order valence-electron chi connectivity index (χ2n) is 5.70. The van der Waals surface area contributed by atoms with Gasteiger partial charge in [0.2, 0.25) is 0 Å². The Labute approximate surface area is 121 Å². The molecule has 112 valence electrons. The van der Waals surface area contributed by atoms with Gasteiger partial charge >= 0.3 is 0 Å². The number of morpholine rings is 1. The number of para-hydroxylation sites is 1. The Morgan fingerprint density at radius 1 is 1.30 bits per heavy atom. The minimum absolute atomic E-state index is 0.0941. The van der Waals surface area contributed by atoms with Crippen LogP contribution in [-0.4, -0.2) is 43.3 Å². The van der Waals surface area contributed by atoms with Crippen LogP contribution in [0.2, 0.25) is 0 Å². The molecule has 20 heavy (non-hydrogen) atoms. The molecule has 1 saturated heterocycles. The summed E-state index contributed by atoms with van der Waals surface area (Å²) in [4.78, 5) is 2.41. The number of hydrogen-bond acceptors (Lipinski definition) is 4. The molecule has 0 amide bonds. The fraction of sp³-hybridized carbons (Fsp3) is 0.625. The second kappa shape index (κ2) is 6.57. The van der Waals surface area contributed by atoms with Crippen LogP contribution in [0.3, 0.4) is 0 Å².